The van der Waals surface area contributed by atoms with Crippen molar-refractivity contribution in [2.24, 2.45) is 5.73 Å². The van der Waals surface area contributed by atoms with E-state index < -0.39 is 22.2 Å². The molecule has 0 aliphatic carbocycles. The van der Waals surface area contributed by atoms with Gasteiger partial charge in [-0.15, -0.1) is 0 Å². The first kappa shape index (κ1) is 8.22. The molecule has 5 nitrogen and oxygen atoms in total. The predicted molar refractivity (Wildman–Crippen MR) is 39.5 cm³/mol. The van der Waals surface area contributed by atoms with Gasteiger partial charge in [-0.1, -0.05) is 0 Å². The Morgan fingerprint density at radius 3 is 2.64 bits per heavy atom. The van der Waals surface area contributed by atoms with E-state index >= 15 is 0 Å². The molecule has 0 unspecified atom stereocenters. The molecule has 0 saturated carbocycles. The normalized spacial score (nSPS) is 23.6. The van der Waals surface area contributed by atoms with Crippen molar-refractivity contribution < 1.29 is 13.2 Å². The molecule has 0 radical (unpaired) electrons. The van der Waals surface area contributed by atoms with Gasteiger partial charge in [0.25, 0.3) is 0 Å². The highest BCUT2D eigenvalue weighted by Crippen LogP contribution is 2.00. The number of amides is 1. The van der Waals surface area contributed by atoms with E-state index in [2.05, 4.69) is 5.32 Å². The number of nitrogens with one attached hydrogen (secondary N) is 1. The fourth-order valence-electron chi connectivity index (χ4n) is 1.04. The van der Waals surface area contributed by atoms with Crippen LogP contribution >= 0.6 is 0 Å². The van der Waals surface area contributed by atoms with Gasteiger partial charge in [-0.05, 0) is 6.42 Å². The predicted octanol–water partition coefficient (Wildman–Crippen LogP) is -2.11. The molecule has 1 saturated heterocycles. The molecule has 0 aromatic rings. The van der Waals surface area contributed by atoms with E-state index in [0.717, 1.165) is 0 Å². The van der Waals surface area contributed by atoms with E-state index in [-0.39, 0.29) is 4.86 Å². The van der Waals surface area contributed by atoms with Crippen molar-refractivity contribution in [1.29, 1.82) is 0 Å². The van der Waals surface area contributed by atoms with Crippen LogP contribution in [0.3, 0.4) is 0 Å². The number of hydrogen-bond acceptors (Lipinski definition) is 4. The maximum absolute atomic E-state index is 10.6. The molecule has 1 aliphatic rings. The van der Waals surface area contributed by atoms with Gasteiger partial charge < -0.3 is 11.1 Å². The molecule has 62 valence electrons. The molecular weight excluding hydrogens is 168 g/mol. The van der Waals surface area contributed by atoms with Crippen LogP contribution in [0.15, 0.2) is 0 Å². The lowest BCUT2D eigenvalue weighted by Gasteiger charge is -2.02. The van der Waals surface area contributed by atoms with Gasteiger partial charge >= 0.3 is 0 Å². The number of primary amides is 1. The third-order valence-electron chi connectivity index (χ3n) is 1.54. The molecule has 1 atom stereocenters. The largest absolute Gasteiger partial charge is 0.368 e. The zero-order valence-corrected chi connectivity index (χ0v) is 6.52. The number of rotatable bonds is 1. The van der Waals surface area contributed by atoms with Gasteiger partial charge in [0.05, 0.1) is 4.86 Å². The van der Waals surface area contributed by atoms with Gasteiger partial charge in [0.15, 0.2) is 0 Å². The standard InChI is InChI=1S/C5H8N2O3S/c6-5(8)4-3(11(9)10)1-2-7-4/h4,7H,1-2H2,(H2,6,8)/t4-/m0/s1. The highest BCUT2D eigenvalue weighted by Gasteiger charge is 2.27. The second-order valence-corrected chi connectivity index (χ2v) is 3.23. The topological polar surface area (TPSA) is 89.3 Å². The van der Waals surface area contributed by atoms with Crippen LogP contribution < -0.4 is 11.1 Å². The van der Waals surface area contributed by atoms with Crippen LogP contribution in [0, 0.1) is 0 Å². The molecule has 6 heteroatoms. The molecule has 0 bridgehead atoms. The summed E-state index contributed by atoms with van der Waals surface area (Å²) in [5.74, 6) is -0.637. The Hall–Kier alpha value is -0.880. The summed E-state index contributed by atoms with van der Waals surface area (Å²) in [5, 5.41) is 2.68. The SMILES string of the molecule is NC(=O)[C@H]1NCCC1=S(=O)=O. The van der Waals surface area contributed by atoms with Crippen molar-refractivity contribution in [3.63, 3.8) is 0 Å². The molecule has 0 aromatic carbocycles. The van der Waals surface area contributed by atoms with Gasteiger partial charge in [-0.25, -0.2) is 0 Å². The zero-order valence-electron chi connectivity index (χ0n) is 5.70. The van der Waals surface area contributed by atoms with E-state index in [0.29, 0.717) is 13.0 Å². The maximum atomic E-state index is 10.6. The highest BCUT2D eigenvalue weighted by atomic mass is 32.2. The van der Waals surface area contributed by atoms with Crippen LogP contribution in [0.5, 0.6) is 0 Å². The molecular formula is C5H8N2O3S. The average molecular weight is 176 g/mol. The average Bonchev–Trinajstić information content (AvgIpc) is 2.32. The first-order chi connectivity index (χ1) is 5.13. The number of carbonyl (C=O) groups is 1. The third-order valence-corrected chi connectivity index (χ3v) is 2.41. The number of nitrogens with two attached hydrogens (primary N) is 1. The van der Waals surface area contributed by atoms with E-state index in [1.807, 2.05) is 0 Å². The van der Waals surface area contributed by atoms with Crippen LogP contribution in [0.1, 0.15) is 6.42 Å². The van der Waals surface area contributed by atoms with Crippen LogP contribution in [0.25, 0.3) is 0 Å². The smallest absolute Gasteiger partial charge is 0.239 e. The minimum atomic E-state index is -2.29. The Morgan fingerprint density at radius 2 is 2.27 bits per heavy atom. The third kappa shape index (κ3) is 1.58. The van der Waals surface area contributed by atoms with Gasteiger partial charge in [0.2, 0.25) is 16.2 Å². The van der Waals surface area contributed by atoms with Crippen molar-refractivity contribution in [2.75, 3.05) is 6.54 Å². The Kier molecular flexibility index (Phi) is 2.25. The van der Waals surface area contributed by atoms with Crippen LogP contribution in [-0.4, -0.2) is 31.8 Å². The molecule has 1 rings (SSSR count). The monoisotopic (exact) mass is 176 g/mol. The van der Waals surface area contributed by atoms with Gasteiger partial charge in [-0.3, -0.25) is 4.79 Å². The second kappa shape index (κ2) is 3.02. The summed E-state index contributed by atoms with van der Waals surface area (Å²) in [6, 6.07) is -0.784. The maximum Gasteiger partial charge on any atom is 0.239 e. The summed E-state index contributed by atoms with van der Waals surface area (Å²) in [5.41, 5.74) is 4.93. The lowest BCUT2D eigenvalue weighted by atomic mass is 10.2. The zero-order chi connectivity index (χ0) is 8.43. The summed E-state index contributed by atoms with van der Waals surface area (Å²) < 4.78 is 20.9. The fourth-order valence-corrected chi connectivity index (χ4v) is 1.70. The van der Waals surface area contributed by atoms with Gasteiger partial charge in [0.1, 0.15) is 6.04 Å². The quantitative estimate of drug-likeness (QED) is 0.447. The van der Waals surface area contributed by atoms with Crippen molar-refractivity contribution >= 4 is 21.1 Å². The Labute approximate surface area is 65.1 Å². The van der Waals surface area contributed by atoms with Gasteiger partial charge in [0, 0.05) is 6.54 Å². The minimum absolute atomic E-state index is 0.164. The molecule has 3 N–H and O–H groups in total. The summed E-state index contributed by atoms with van der Waals surface area (Å²) in [7, 11) is -2.29. The van der Waals surface area contributed by atoms with Crippen molar-refractivity contribution in [1.82, 2.24) is 5.32 Å². The van der Waals surface area contributed by atoms with Crippen molar-refractivity contribution in [3.8, 4) is 0 Å². The molecule has 11 heavy (non-hydrogen) atoms. The first-order valence-electron chi connectivity index (χ1n) is 3.10. The van der Waals surface area contributed by atoms with Crippen molar-refractivity contribution in [3.05, 3.63) is 0 Å². The highest BCUT2D eigenvalue weighted by molar-refractivity contribution is 7.73. The van der Waals surface area contributed by atoms with Crippen LogP contribution in [0.2, 0.25) is 0 Å². The first-order valence-corrected chi connectivity index (χ1v) is 4.18. The lowest BCUT2D eigenvalue weighted by Crippen LogP contribution is -2.41. The van der Waals surface area contributed by atoms with Crippen LogP contribution in [-0.2, 0) is 15.1 Å². The summed E-state index contributed by atoms with van der Waals surface area (Å²) >= 11 is 0. The fraction of sp³-hybridized carbons (Fsp3) is 0.600. The minimum Gasteiger partial charge on any atom is -0.368 e. The molecule has 1 amide bonds. The summed E-state index contributed by atoms with van der Waals surface area (Å²) in [4.78, 5) is 10.7. The Balaban J connectivity index is 3.01. The van der Waals surface area contributed by atoms with Crippen molar-refractivity contribution in [2.45, 2.75) is 12.5 Å². The number of carbonyl (C=O) groups excluding carboxylic acids is 1. The molecule has 0 aromatic heterocycles. The second-order valence-electron chi connectivity index (χ2n) is 2.24. The Morgan fingerprint density at radius 1 is 1.64 bits per heavy atom. The lowest BCUT2D eigenvalue weighted by molar-refractivity contribution is -0.118. The summed E-state index contributed by atoms with van der Waals surface area (Å²) in [6.45, 7) is 0.497. The van der Waals surface area contributed by atoms with E-state index in [1.165, 1.54) is 0 Å². The molecule has 0 spiro atoms. The molecule has 1 fully saturated rings. The molecule has 1 heterocycles. The molecule has 1 aliphatic heterocycles. The summed E-state index contributed by atoms with van der Waals surface area (Å²) in [6.07, 6.45) is 0.379. The van der Waals surface area contributed by atoms with E-state index in [1.54, 1.807) is 0 Å². The number of hydrogen-bond donors (Lipinski definition) is 2. The van der Waals surface area contributed by atoms with E-state index in [9.17, 15) is 13.2 Å². The van der Waals surface area contributed by atoms with Crippen LogP contribution in [0.4, 0.5) is 0 Å². The van der Waals surface area contributed by atoms with Gasteiger partial charge in [-0.2, -0.15) is 8.42 Å². The Bertz CT molecular complexity index is 298. The van der Waals surface area contributed by atoms with E-state index in [4.69, 9.17) is 5.73 Å².